The van der Waals surface area contributed by atoms with E-state index in [0.717, 1.165) is 12.1 Å². The van der Waals surface area contributed by atoms with Gasteiger partial charge in [-0.1, -0.05) is 0 Å². The molecule has 0 fully saturated rings. The second kappa shape index (κ2) is 2.96. The zero-order valence-electron chi connectivity index (χ0n) is 7.10. The van der Waals surface area contributed by atoms with E-state index in [1.54, 1.807) is 7.05 Å². The third-order valence-electron chi connectivity index (χ3n) is 2.19. The van der Waals surface area contributed by atoms with Crippen molar-refractivity contribution in [1.82, 2.24) is 5.32 Å². The molecule has 4 heteroatoms. The molecule has 2 nitrogen and oxygen atoms in total. The van der Waals surface area contributed by atoms with Crippen LogP contribution in [0.15, 0.2) is 12.1 Å². The van der Waals surface area contributed by atoms with E-state index in [9.17, 15) is 8.78 Å². The van der Waals surface area contributed by atoms with E-state index >= 15 is 0 Å². The molecular weight excluding hydrogens is 176 g/mol. The van der Waals surface area contributed by atoms with Crippen LogP contribution in [0.25, 0.3) is 0 Å². The molecule has 2 rings (SSSR count). The highest BCUT2D eigenvalue weighted by Crippen LogP contribution is 2.36. The van der Waals surface area contributed by atoms with Crippen LogP contribution in [0.5, 0.6) is 5.75 Å². The molecule has 0 saturated carbocycles. The van der Waals surface area contributed by atoms with E-state index in [-0.39, 0.29) is 18.4 Å². The number of hydrogen-bond acceptors (Lipinski definition) is 2. The minimum atomic E-state index is -0.505. The van der Waals surface area contributed by atoms with Crippen LogP contribution in [0.4, 0.5) is 8.78 Å². The van der Waals surface area contributed by atoms with Gasteiger partial charge in [-0.25, -0.2) is 8.78 Å². The quantitative estimate of drug-likeness (QED) is 0.717. The predicted octanol–water partition coefficient (Wildman–Crippen LogP) is 1.62. The molecule has 0 bridgehead atoms. The van der Waals surface area contributed by atoms with Gasteiger partial charge in [0.25, 0.3) is 0 Å². The van der Waals surface area contributed by atoms with Gasteiger partial charge in [0.2, 0.25) is 0 Å². The molecule has 0 saturated heterocycles. The zero-order chi connectivity index (χ0) is 9.42. The molecule has 0 aliphatic carbocycles. The highest BCUT2D eigenvalue weighted by Gasteiger charge is 2.28. The highest BCUT2D eigenvalue weighted by molar-refractivity contribution is 5.41. The average Bonchev–Trinajstić information content (AvgIpc) is 2.56. The predicted molar refractivity (Wildman–Crippen MR) is 43.7 cm³/mol. The van der Waals surface area contributed by atoms with E-state index in [1.165, 1.54) is 0 Å². The summed E-state index contributed by atoms with van der Waals surface area (Å²) < 4.78 is 31.3. The summed E-state index contributed by atoms with van der Waals surface area (Å²) in [4.78, 5) is 0. The lowest BCUT2D eigenvalue weighted by Gasteiger charge is -2.06. The fraction of sp³-hybridized carbons (Fsp3) is 0.333. The van der Waals surface area contributed by atoms with Crippen molar-refractivity contribution in [3.8, 4) is 5.75 Å². The molecule has 1 aromatic rings. The van der Waals surface area contributed by atoms with Crippen molar-refractivity contribution in [1.29, 1.82) is 0 Å². The summed E-state index contributed by atoms with van der Waals surface area (Å²) in [6.45, 7) is 0.281. The molecule has 1 N–H and O–H groups in total. The Labute approximate surface area is 74.5 Å². The fourth-order valence-electron chi connectivity index (χ4n) is 1.50. The van der Waals surface area contributed by atoms with Gasteiger partial charge in [0, 0.05) is 0 Å². The Kier molecular flexibility index (Phi) is 1.92. The Bertz CT molecular complexity index is 341. The number of benzene rings is 1. The number of ether oxygens (including phenoxy) is 1. The van der Waals surface area contributed by atoms with Gasteiger partial charge in [0.05, 0.1) is 11.6 Å². The Morgan fingerprint density at radius 1 is 1.38 bits per heavy atom. The highest BCUT2D eigenvalue weighted by atomic mass is 19.1. The lowest BCUT2D eigenvalue weighted by molar-refractivity contribution is 0.306. The molecule has 1 aromatic carbocycles. The van der Waals surface area contributed by atoms with Crippen LogP contribution in [-0.2, 0) is 0 Å². The first-order chi connectivity index (χ1) is 6.24. The molecule has 1 heterocycles. The van der Waals surface area contributed by atoms with E-state index < -0.39 is 11.6 Å². The van der Waals surface area contributed by atoms with Crippen LogP contribution in [0, 0.1) is 11.6 Å². The summed E-state index contributed by atoms with van der Waals surface area (Å²) in [5.74, 6) is -0.887. The zero-order valence-corrected chi connectivity index (χ0v) is 7.10. The summed E-state index contributed by atoms with van der Waals surface area (Å²) in [6, 6.07) is 1.95. The number of likely N-dealkylation sites (N-methyl/N-ethyl adjacent to an activating group) is 1. The Hall–Kier alpha value is -1.16. The summed E-state index contributed by atoms with van der Waals surface area (Å²) >= 11 is 0. The normalized spacial score (nSPS) is 19.8. The monoisotopic (exact) mass is 185 g/mol. The molecule has 13 heavy (non-hydrogen) atoms. The standard InChI is InChI=1S/C9H9F2NO/c1-12-7-4-13-9-6(11)3-2-5(10)8(7)9/h2-3,7,12H,4H2,1H3. The van der Waals surface area contributed by atoms with Crippen molar-refractivity contribution in [3.05, 3.63) is 29.3 Å². The maximum absolute atomic E-state index is 13.2. The number of fused-ring (bicyclic) bond motifs is 1. The summed E-state index contributed by atoms with van der Waals surface area (Å²) in [6.07, 6.45) is 0. The minimum Gasteiger partial charge on any atom is -0.488 e. The van der Waals surface area contributed by atoms with Crippen molar-refractivity contribution in [2.75, 3.05) is 13.7 Å². The van der Waals surface area contributed by atoms with Crippen LogP contribution in [0.2, 0.25) is 0 Å². The fourth-order valence-corrected chi connectivity index (χ4v) is 1.50. The first-order valence-electron chi connectivity index (χ1n) is 4.02. The van der Waals surface area contributed by atoms with Crippen molar-refractivity contribution in [2.45, 2.75) is 6.04 Å². The molecule has 1 aliphatic rings. The maximum Gasteiger partial charge on any atom is 0.165 e. The first-order valence-corrected chi connectivity index (χ1v) is 4.02. The van der Waals surface area contributed by atoms with E-state index in [4.69, 9.17) is 4.74 Å². The molecule has 0 amide bonds. The van der Waals surface area contributed by atoms with E-state index in [2.05, 4.69) is 5.32 Å². The lowest BCUT2D eigenvalue weighted by Crippen LogP contribution is -2.18. The maximum atomic E-state index is 13.2. The Morgan fingerprint density at radius 3 is 2.77 bits per heavy atom. The van der Waals surface area contributed by atoms with Crippen LogP contribution < -0.4 is 10.1 Å². The molecule has 1 unspecified atom stereocenters. The van der Waals surface area contributed by atoms with Gasteiger partial charge < -0.3 is 10.1 Å². The third-order valence-corrected chi connectivity index (χ3v) is 2.19. The summed E-state index contributed by atoms with van der Waals surface area (Å²) in [5.41, 5.74) is 0.294. The van der Waals surface area contributed by atoms with Gasteiger partial charge in [0.1, 0.15) is 12.4 Å². The smallest absolute Gasteiger partial charge is 0.165 e. The lowest BCUT2D eigenvalue weighted by atomic mass is 10.1. The Morgan fingerprint density at radius 2 is 2.08 bits per heavy atom. The molecule has 70 valence electrons. The number of halogens is 2. The first kappa shape index (κ1) is 8.44. The van der Waals surface area contributed by atoms with Gasteiger partial charge >= 0.3 is 0 Å². The molecule has 0 radical (unpaired) electrons. The van der Waals surface area contributed by atoms with Crippen molar-refractivity contribution >= 4 is 0 Å². The molecular formula is C9H9F2NO. The molecule has 1 aliphatic heterocycles. The van der Waals surface area contributed by atoms with Crippen molar-refractivity contribution in [2.24, 2.45) is 0 Å². The van der Waals surface area contributed by atoms with Gasteiger partial charge in [-0.2, -0.15) is 0 Å². The largest absolute Gasteiger partial charge is 0.488 e. The average molecular weight is 185 g/mol. The van der Waals surface area contributed by atoms with E-state index in [0.29, 0.717) is 5.56 Å². The number of rotatable bonds is 1. The van der Waals surface area contributed by atoms with Crippen LogP contribution in [0.3, 0.4) is 0 Å². The van der Waals surface area contributed by atoms with Crippen LogP contribution in [0.1, 0.15) is 11.6 Å². The van der Waals surface area contributed by atoms with Gasteiger partial charge in [-0.3, -0.25) is 0 Å². The van der Waals surface area contributed by atoms with Crippen LogP contribution >= 0.6 is 0 Å². The number of hydrogen-bond donors (Lipinski definition) is 1. The minimum absolute atomic E-state index is 0.0411. The van der Waals surface area contributed by atoms with E-state index in [1.807, 2.05) is 0 Å². The summed E-state index contributed by atoms with van der Waals surface area (Å²) in [5, 5.41) is 2.86. The molecule has 1 atom stereocenters. The van der Waals surface area contributed by atoms with Crippen molar-refractivity contribution < 1.29 is 13.5 Å². The van der Waals surface area contributed by atoms with Crippen LogP contribution in [-0.4, -0.2) is 13.7 Å². The third kappa shape index (κ3) is 1.18. The van der Waals surface area contributed by atoms with Gasteiger partial charge in [-0.15, -0.1) is 0 Å². The molecule has 0 aromatic heterocycles. The Balaban J connectivity index is 2.55. The van der Waals surface area contributed by atoms with Gasteiger partial charge in [-0.05, 0) is 19.2 Å². The second-order valence-corrected chi connectivity index (χ2v) is 2.92. The SMILES string of the molecule is CNC1COc2c(F)ccc(F)c21. The van der Waals surface area contributed by atoms with Gasteiger partial charge in [0.15, 0.2) is 11.6 Å². The second-order valence-electron chi connectivity index (χ2n) is 2.92. The molecule has 0 spiro atoms. The summed E-state index contributed by atoms with van der Waals surface area (Å²) in [7, 11) is 1.69. The van der Waals surface area contributed by atoms with Crippen molar-refractivity contribution in [3.63, 3.8) is 0 Å². The number of nitrogens with one attached hydrogen (secondary N) is 1. The topological polar surface area (TPSA) is 21.3 Å².